The molecule has 0 radical (unpaired) electrons. The molecule has 0 aromatic heterocycles. The summed E-state index contributed by atoms with van der Waals surface area (Å²) in [5.41, 5.74) is 0. The minimum Gasteiger partial charge on any atom is -0.379 e. The lowest BCUT2D eigenvalue weighted by Gasteiger charge is -2.40. The molecule has 1 saturated heterocycles. The van der Waals surface area contributed by atoms with Gasteiger partial charge in [0, 0.05) is 26.1 Å². The standard InChI is InChI=1S/C15H28N2O2/c1-11(2)10-16-12-6-7-13(14(9-12)19-3)17-8-4-5-15(17)18/h11-14,16H,4-10H2,1-3H3/t12-,13+,14-/m0/s1. The number of rotatable bonds is 5. The molecule has 1 saturated carbocycles. The molecule has 1 amide bonds. The summed E-state index contributed by atoms with van der Waals surface area (Å²) in [6, 6.07) is 0.846. The first-order valence-electron chi connectivity index (χ1n) is 7.67. The topological polar surface area (TPSA) is 41.6 Å². The van der Waals surface area contributed by atoms with Crippen molar-refractivity contribution in [3.63, 3.8) is 0 Å². The third-order valence-electron chi connectivity index (χ3n) is 4.38. The van der Waals surface area contributed by atoms with E-state index in [0.717, 1.165) is 45.2 Å². The predicted octanol–water partition coefficient (Wildman–Crippen LogP) is 1.79. The molecule has 3 atom stereocenters. The van der Waals surface area contributed by atoms with E-state index in [0.29, 0.717) is 23.9 Å². The van der Waals surface area contributed by atoms with Gasteiger partial charge in [0.1, 0.15) is 0 Å². The summed E-state index contributed by atoms with van der Waals surface area (Å²) in [5, 5.41) is 3.62. The van der Waals surface area contributed by atoms with Crippen LogP contribution in [-0.2, 0) is 9.53 Å². The van der Waals surface area contributed by atoms with Crippen molar-refractivity contribution in [3.8, 4) is 0 Å². The highest BCUT2D eigenvalue weighted by atomic mass is 16.5. The third-order valence-corrected chi connectivity index (χ3v) is 4.38. The predicted molar refractivity (Wildman–Crippen MR) is 76.0 cm³/mol. The summed E-state index contributed by atoms with van der Waals surface area (Å²) in [5.74, 6) is 1.000. The van der Waals surface area contributed by atoms with Crippen molar-refractivity contribution in [1.29, 1.82) is 0 Å². The van der Waals surface area contributed by atoms with Gasteiger partial charge in [0.15, 0.2) is 0 Å². The van der Waals surface area contributed by atoms with Crippen LogP contribution in [0.15, 0.2) is 0 Å². The molecule has 2 aliphatic rings. The highest BCUT2D eigenvalue weighted by molar-refractivity contribution is 5.78. The molecule has 0 unspecified atom stereocenters. The second-order valence-electron chi connectivity index (χ2n) is 6.34. The first kappa shape index (κ1) is 14.8. The van der Waals surface area contributed by atoms with Crippen molar-refractivity contribution in [2.45, 2.75) is 64.1 Å². The normalized spacial score (nSPS) is 32.3. The molecular weight excluding hydrogens is 240 g/mol. The van der Waals surface area contributed by atoms with Crippen LogP contribution in [0.2, 0.25) is 0 Å². The average Bonchev–Trinajstić information content (AvgIpc) is 2.82. The molecule has 0 aromatic rings. The summed E-state index contributed by atoms with van der Waals surface area (Å²) < 4.78 is 5.67. The molecule has 4 heteroatoms. The summed E-state index contributed by atoms with van der Waals surface area (Å²) in [6.07, 6.45) is 5.18. The van der Waals surface area contributed by atoms with E-state index < -0.39 is 0 Å². The van der Waals surface area contributed by atoms with E-state index in [2.05, 4.69) is 24.1 Å². The van der Waals surface area contributed by atoms with Crippen molar-refractivity contribution < 1.29 is 9.53 Å². The number of carbonyl (C=O) groups excluding carboxylic acids is 1. The minimum atomic E-state index is 0.195. The molecule has 0 spiro atoms. The number of methoxy groups -OCH3 is 1. The summed E-state index contributed by atoms with van der Waals surface area (Å²) >= 11 is 0. The van der Waals surface area contributed by atoms with Crippen molar-refractivity contribution in [2.75, 3.05) is 20.2 Å². The molecule has 19 heavy (non-hydrogen) atoms. The molecule has 1 heterocycles. The number of nitrogens with zero attached hydrogens (tertiary/aromatic N) is 1. The summed E-state index contributed by atoms with van der Waals surface area (Å²) in [4.78, 5) is 13.9. The summed E-state index contributed by atoms with van der Waals surface area (Å²) in [7, 11) is 1.78. The van der Waals surface area contributed by atoms with Crippen LogP contribution >= 0.6 is 0 Å². The summed E-state index contributed by atoms with van der Waals surface area (Å²) in [6.45, 7) is 6.45. The van der Waals surface area contributed by atoms with E-state index in [1.165, 1.54) is 0 Å². The van der Waals surface area contributed by atoms with Crippen LogP contribution in [0.3, 0.4) is 0 Å². The molecule has 1 aliphatic heterocycles. The van der Waals surface area contributed by atoms with Gasteiger partial charge in [-0.15, -0.1) is 0 Å². The smallest absolute Gasteiger partial charge is 0.222 e. The Hall–Kier alpha value is -0.610. The van der Waals surface area contributed by atoms with Crippen molar-refractivity contribution in [2.24, 2.45) is 5.92 Å². The molecule has 1 aliphatic carbocycles. The van der Waals surface area contributed by atoms with Crippen molar-refractivity contribution in [1.82, 2.24) is 10.2 Å². The van der Waals surface area contributed by atoms with Crippen LogP contribution in [-0.4, -0.2) is 49.2 Å². The van der Waals surface area contributed by atoms with Crippen LogP contribution in [0.25, 0.3) is 0 Å². The van der Waals surface area contributed by atoms with Crippen LogP contribution in [0.4, 0.5) is 0 Å². The highest BCUT2D eigenvalue weighted by Crippen LogP contribution is 2.28. The Morgan fingerprint density at radius 2 is 2.21 bits per heavy atom. The maximum Gasteiger partial charge on any atom is 0.222 e. The fourth-order valence-electron chi connectivity index (χ4n) is 3.33. The Morgan fingerprint density at radius 1 is 1.42 bits per heavy atom. The Labute approximate surface area is 116 Å². The maximum atomic E-state index is 11.9. The SMILES string of the molecule is CO[C@H]1C[C@@H](NCC(C)C)CC[C@H]1N1CCCC1=O. The van der Waals surface area contributed by atoms with Gasteiger partial charge in [0.25, 0.3) is 0 Å². The van der Waals surface area contributed by atoms with Gasteiger partial charge in [-0.2, -0.15) is 0 Å². The number of amides is 1. The molecule has 4 nitrogen and oxygen atoms in total. The van der Waals surface area contributed by atoms with Crippen LogP contribution < -0.4 is 5.32 Å². The fourth-order valence-corrected chi connectivity index (χ4v) is 3.33. The maximum absolute atomic E-state index is 11.9. The Balaban J connectivity index is 1.89. The van der Waals surface area contributed by atoms with E-state index in [1.54, 1.807) is 7.11 Å². The molecule has 1 N–H and O–H groups in total. The highest BCUT2D eigenvalue weighted by Gasteiger charge is 2.37. The molecule has 0 bridgehead atoms. The number of carbonyl (C=O) groups is 1. The zero-order chi connectivity index (χ0) is 13.8. The fraction of sp³-hybridized carbons (Fsp3) is 0.933. The Kier molecular flexibility index (Phi) is 5.22. The van der Waals surface area contributed by atoms with Gasteiger partial charge in [-0.05, 0) is 38.1 Å². The lowest BCUT2D eigenvalue weighted by atomic mass is 9.87. The van der Waals surface area contributed by atoms with Crippen LogP contribution in [0, 0.1) is 5.92 Å². The number of ether oxygens (including phenoxy) is 1. The lowest BCUT2D eigenvalue weighted by molar-refractivity contribution is -0.134. The van der Waals surface area contributed by atoms with E-state index >= 15 is 0 Å². The van der Waals surface area contributed by atoms with Gasteiger partial charge in [-0.25, -0.2) is 0 Å². The molecule has 0 aromatic carbocycles. The second-order valence-corrected chi connectivity index (χ2v) is 6.34. The average molecular weight is 268 g/mol. The van der Waals surface area contributed by atoms with Crippen LogP contribution in [0.1, 0.15) is 46.0 Å². The van der Waals surface area contributed by atoms with Gasteiger partial charge in [0.05, 0.1) is 12.1 Å². The van der Waals surface area contributed by atoms with E-state index in [1.807, 2.05) is 0 Å². The minimum absolute atomic E-state index is 0.195. The number of hydrogen-bond acceptors (Lipinski definition) is 3. The number of nitrogens with one attached hydrogen (secondary N) is 1. The molecule has 110 valence electrons. The van der Waals surface area contributed by atoms with E-state index in [-0.39, 0.29) is 6.10 Å². The monoisotopic (exact) mass is 268 g/mol. The Morgan fingerprint density at radius 3 is 2.79 bits per heavy atom. The van der Waals surface area contributed by atoms with Gasteiger partial charge in [-0.1, -0.05) is 13.8 Å². The molecular formula is C15H28N2O2. The van der Waals surface area contributed by atoms with E-state index in [9.17, 15) is 4.79 Å². The first-order valence-corrected chi connectivity index (χ1v) is 7.67. The lowest BCUT2D eigenvalue weighted by Crippen LogP contribution is -2.52. The van der Waals surface area contributed by atoms with Gasteiger partial charge in [0.2, 0.25) is 5.91 Å². The third kappa shape index (κ3) is 3.69. The van der Waals surface area contributed by atoms with Gasteiger partial charge >= 0.3 is 0 Å². The first-order chi connectivity index (χ1) is 9.11. The molecule has 2 rings (SSSR count). The Bertz CT molecular complexity index is 307. The zero-order valence-corrected chi connectivity index (χ0v) is 12.5. The largest absolute Gasteiger partial charge is 0.379 e. The van der Waals surface area contributed by atoms with Crippen molar-refractivity contribution in [3.05, 3.63) is 0 Å². The molecule has 2 fully saturated rings. The zero-order valence-electron chi connectivity index (χ0n) is 12.5. The van der Waals surface area contributed by atoms with Gasteiger partial charge in [-0.3, -0.25) is 4.79 Å². The van der Waals surface area contributed by atoms with Gasteiger partial charge < -0.3 is 15.0 Å². The quantitative estimate of drug-likeness (QED) is 0.826. The number of hydrogen-bond donors (Lipinski definition) is 1. The van der Waals surface area contributed by atoms with Crippen molar-refractivity contribution >= 4 is 5.91 Å². The second kappa shape index (κ2) is 6.71. The van der Waals surface area contributed by atoms with Crippen LogP contribution in [0.5, 0.6) is 0 Å². The number of likely N-dealkylation sites (tertiary alicyclic amines) is 1. The van der Waals surface area contributed by atoms with E-state index in [4.69, 9.17) is 4.74 Å².